The third kappa shape index (κ3) is 5.05. The van der Waals surface area contributed by atoms with Crippen molar-refractivity contribution in [2.45, 2.75) is 0 Å². The van der Waals surface area contributed by atoms with Crippen LogP contribution in [0.1, 0.15) is 16.1 Å². The molecule has 2 amide bonds. The molecule has 2 N–H and O–H groups in total. The van der Waals surface area contributed by atoms with Gasteiger partial charge in [-0.2, -0.15) is 5.26 Å². The summed E-state index contributed by atoms with van der Waals surface area (Å²) in [5, 5.41) is 10.2. The van der Waals surface area contributed by atoms with Gasteiger partial charge in [0.15, 0.2) is 0 Å². The summed E-state index contributed by atoms with van der Waals surface area (Å²) in [6.07, 6.45) is 1.26. The first-order valence-corrected chi connectivity index (χ1v) is 9.06. The summed E-state index contributed by atoms with van der Waals surface area (Å²) in [6, 6.07) is 18.3. The van der Waals surface area contributed by atoms with Gasteiger partial charge in [0.25, 0.3) is 11.8 Å². The van der Waals surface area contributed by atoms with Crippen molar-refractivity contribution < 1.29 is 14.0 Å². The molecular formula is C21H13Cl2N3O3. The van der Waals surface area contributed by atoms with Crippen LogP contribution in [0.15, 0.2) is 70.7 Å². The first-order chi connectivity index (χ1) is 14.0. The van der Waals surface area contributed by atoms with E-state index in [4.69, 9.17) is 27.6 Å². The van der Waals surface area contributed by atoms with E-state index in [-0.39, 0.29) is 11.3 Å². The molecule has 0 atom stereocenters. The minimum atomic E-state index is -0.782. The van der Waals surface area contributed by atoms with E-state index < -0.39 is 11.8 Å². The molecule has 3 rings (SSSR count). The largest absolute Gasteiger partial charge is 0.457 e. The van der Waals surface area contributed by atoms with E-state index in [1.165, 1.54) is 6.08 Å². The Morgan fingerprint density at radius 2 is 1.76 bits per heavy atom. The maximum Gasteiger partial charge on any atom is 0.280 e. The van der Waals surface area contributed by atoms with E-state index in [2.05, 4.69) is 10.9 Å². The number of hydrogen-bond acceptors (Lipinski definition) is 4. The second-order valence-electron chi connectivity index (χ2n) is 5.77. The second kappa shape index (κ2) is 9.11. The highest BCUT2D eigenvalue weighted by Crippen LogP contribution is 2.32. The third-order valence-corrected chi connectivity index (χ3v) is 4.36. The molecule has 8 heteroatoms. The van der Waals surface area contributed by atoms with Crippen molar-refractivity contribution in [1.29, 1.82) is 5.26 Å². The first-order valence-electron chi connectivity index (χ1n) is 8.30. The zero-order chi connectivity index (χ0) is 20.8. The number of carbonyl (C=O) groups is 2. The van der Waals surface area contributed by atoms with E-state index >= 15 is 0 Å². The van der Waals surface area contributed by atoms with Crippen molar-refractivity contribution in [2.24, 2.45) is 0 Å². The Balaban J connectivity index is 1.72. The van der Waals surface area contributed by atoms with Gasteiger partial charge in [-0.15, -0.1) is 0 Å². The van der Waals surface area contributed by atoms with E-state index in [9.17, 15) is 14.9 Å². The molecule has 0 aliphatic carbocycles. The lowest BCUT2D eigenvalue weighted by atomic mass is 10.2. The Kier molecular flexibility index (Phi) is 6.35. The number of hydrazine groups is 1. The summed E-state index contributed by atoms with van der Waals surface area (Å²) < 4.78 is 5.64. The summed E-state index contributed by atoms with van der Waals surface area (Å²) in [5.74, 6) is -0.599. The molecule has 29 heavy (non-hydrogen) atoms. The van der Waals surface area contributed by atoms with Crippen molar-refractivity contribution in [3.05, 3.63) is 87.6 Å². The van der Waals surface area contributed by atoms with Gasteiger partial charge >= 0.3 is 0 Å². The van der Waals surface area contributed by atoms with Crippen LogP contribution in [0.25, 0.3) is 17.4 Å². The van der Waals surface area contributed by atoms with Gasteiger partial charge in [-0.1, -0.05) is 41.4 Å². The van der Waals surface area contributed by atoms with E-state index in [1.54, 1.807) is 66.7 Å². The molecule has 0 saturated carbocycles. The lowest BCUT2D eigenvalue weighted by molar-refractivity contribution is -0.117. The monoisotopic (exact) mass is 425 g/mol. The summed E-state index contributed by atoms with van der Waals surface area (Å²) in [5.41, 5.74) is 5.14. The van der Waals surface area contributed by atoms with Crippen LogP contribution in [0.5, 0.6) is 0 Å². The third-order valence-electron chi connectivity index (χ3n) is 3.80. The van der Waals surface area contributed by atoms with Gasteiger partial charge in [0.2, 0.25) is 0 Å². The zero-order valence-electron chi connectivity index (χ0n) is 14.8. The zero-order valence-corrected chi connectivity index (χ0v) is 16.3. The smallest absolute Gasteiger partial charge is 0.280 e. The Bertz CT molecular complexity index is 1130. The Hall–Kier alpha value is -3.53. The molecular weight excluding hydrogens is 413 g/mol. The number of benzene rings is 2. The van der Waals surface area contributed by atoms with Gasteiger partial charge in [-0.05, 0) is 42.5 Å². The summed E-state index contributed by atoms with van der Waals surface area (Å²) >= 11 is 12.1. The number of nitrogens with one attached hydrogen (secondary N) is 2. The fourth-order valence-corrected chi connectivity index (χ4v) is 2.78. The minimum Gasteiger partial charge on any atom is -0.457 e. The van der Waals surface area contributed by atoms with Crippen LogP contribution in [0, 0.1) is 11.3 Å². The van der Waals surface area contributed by atoms with Crippen LogP contribution in [-0.2, 0) is 4.79 Å². The fraction of sp³-hybridized carbons (Fsp3) is 0. The summed E-state index contributed by atoms with van der Waals surface area (Å²) in [6.45, 7) is 0. The second-order valence-corrected chi connectivity index (χ2v) is 6.61. The number of nitriles is 1. The predicted octanol–water partition coefficient (Wildman–Crippen LogP) is 4.62. The number of rotatable bonds is 4. The fourth-order valence-electron chi connectivity index (χ4n) is 2.39. The molecule has 144 valence electrons. The molecule has 0 aliphatic rings. The minimum absolute atomic E-state index is 0.253. The summed E-state index contributed by atoms with van der Waals surface area (Å²) in [4.78, 5) is 24.2. The van der Waals surface area contributed by atoms with E-state index in [1.807, 2.05) is 0 Å². The molecule has 0 fully saturated rings. The standard InChI is InChI=1S/C21H13Cl2N3O3/c22-15-6-8-18(23)17(11-15)19-9-7-16(29-19)10-14(12-24)21(28)26-25-20(27)13-4-2-1-3-5-13/h1-11H,(H,25,27)(H,26,28)/b14-10+. The number of nitrogens with zero attached hydrogens (tertiary/aromatic N) is 1. The molecule has 0 aliphatic heterocycles. The van der Waals surface area contributed by atoms with Gasteiger partial charge in [-0.3, -0.25) is 20.4 Å². The van der Waals surface area contributed by atoms with Crippen molar-refractivity contribution in [3.8, 4) is 17.4 Å². The van der Waals surface area contributed by atoms with Crippen molar-refractivity contribution >= 4 is 41.1 Å². The van der Waals surface area contributed by atoms with Gasteiger partial charge in [0.05, 0.1) is 5.02 Å². The van der Waals surface area contributed by atoms with Crippen LogP contribution in [0.2, 0.25) is 10.0 Å². The molecule has 0 spiro atoms. The van der Waals surface area contributed by atoms with Crippen LogP contribution in [-0.4, -0.2) is 11.8 Å². The number of hydrogen-bond donors (Lipinski definition) is 2. The SMILES string of the molecule is N#C/C(=C\c1ccc(-c2cc(Cl)ccc2Cl)o1)C(=O)NNC(=O)c1ccccc1. The van der Waals surface area contributed by atoms with Crippen molar-refractivity contribution in [3.63, 3.8) is 0 Å². The average Bonchev–Trinajstić information content (AvgIpc) is 3.20. The topological polar surface area (TPSA) is 95.1 Å². The molecule has 0 radical (unpaired) electrons. The molecule has 2 aromatic carbocycles. The maximum absolute atomic E-state index is 12.2. The number of halogens is 2. The first kappa shape index (κ1) is 20.2. The van der Waals surface area contributed by atoms with Crippen LogP contribution in [0.4, 0.5) is 0 Å². The summed E-state index contributed by atoms with van der Waals surface area (Å²) in [7, 11) is 0. The number of carbonyl (C=O) groups excluding carboxylic acids is 2. The Labute approximate surface area is 176 Å². The van der Waals surface area contributed by atoms with Gasteiger partial charge < -0.3 is 4.42 Å². The van der Waals surface area contributed by atoms with Gasteiger partial charge in [0, 0.05) is 22.2 Å². The lowest BCUT2D eigenvalue weighted by Crippen LogP contribution is -2.42. The number of furan rings is 1. The van der Waals surface area contributed by atoms with E-state index in [0.29, 0.717) is 26.9 Å². The highest BCUT2D eigenvalue weighted by molar-refractivity contribution is 6.35. The van der Waals surface area contributed by atoms with Crippen LogP contribution in [0.3, 0.4) is 0 Å². The van der Waals surface area contributed by atoms with Gasteiger partial charge in [0.1, 0.15) is 23.2 Å². The molecule has 0 unspecified atom stereocenters. The quantitative estimate of drug-likeness (QED) is 0.362. The van der Waals surface area contributed by atoms with Crippen LogP contribution < -0.4 is 10.9 Å². The van der Waals surface area contributed by atoms with Crippen molar-refractivity contribution in [2.75, 3.05) is 0 Å². The van der Waals surface area contributed by atoms with Crippen molar-refractivity contribution in [1.82, 2.24) is 10.9 Å². The Morgan fingerprint density at radius 3 is 2.48 bits per heavy atom. The maximum atomic E-state index is 12.2. The molecule has 1 aromatic heterocycles. The normalized spacial score (nSPS) is 10.9. The molecule has 3 aromatic rings. The molecule has 0 bridgehead atoms. The van der Waals surface area contributed by atoms with Crippen LogP contribution >= 0.6 is 23.2 Å². The lowest BCUT2D eigenvalue weighted by Gasteiger charge is -2.06. The molecule has 1 heterocycles. The Morgan fingerprint density at radius 1 is 1.00 bits per heavy atom. The van der Waals surface area contributed by atoms with E-state index in [0.717, 1.165) is 0 Å². The number of amides is 2. The molecule has 6 nitrogen and oxygen atoms in total. The highest BCUT2D eigenvalue weighted by Gasteiger charge is 2.14. The average molecular weight is 426 g/mol. The highest BCUT2D eigenvalue weighted by atomic mass is 35.5. The predicted molar refractivity (Wildman–Crippen MR) is 110 cm³/mol. The van der Waals surface area contributed by atoms with Gasteiger partial charge in [-0.25, -0.2) is 0 Å². The molecule has 0 saturated heterocycles.